The molecule has 0 bridgehead atoms. The highest BCUT2D eigenvalue weighted by molar-refractivity contribution is 7.98. The molecule has 1 heterocycles. The first-order chi connectivity index (χ1) is 17.5. The summed E-state index contributed by atoms with van der Waals surface area (Å²) in [4.78, 5) is 3.76. The fourth-order valence-electron chi connectivity index (χ4n) is 4.38. The normalized spacial score (nSPS) is 14.1. The van der Waals surface area contributed by atoms with Gasteiger partial charge in [-0.2, -0.15) is 0 Å². The summed E-state index contributed by atoms with van der Waals surface area (Å²) in [5, 5.41) is 0.494. The van der Waals surface area contributed by atoms with E-state index in [1.807, 2.05) is 54.8 Å². The molecule has 1 fully saturated rings. The van der Waals surface area contributed by atoms with E-state index in [4.69, 9.17) is 16.3 Å². The van der Waals surface area contributed by atoms with Crippen LogP contribution in [0.5, 0.6) is 5.75 Å². The molecule has 0 saturated carbocycles. The summed E-state index contributed by atoms with van der Waals surface area (Å²) in [6, 6.07) is 21.6. The summed E-state index contributed by atoms with van der Waals surface area (Å²) in [6.07, 6.45) is 6.82. The van der Waals surface area contributed by atoms with Crippen molar-refractivity contribution in [2.24, 2.45) is 0 Å². The van der Waals surface area contributed by atoms with Crippen LogP contribution in [0, 0.1) is 0 Å². The Bertz CT molecular complexity index is 1220. The van der Waals surface area contributed by atoms with Gasteiger partial charge >= 0.3 is 0 Å². The first-order valence-corrected chi connectivity index (χ1v) is 15.4. The van der Waals surface area contributed by atoms with Crippen molar-refractivity contribution in [1.29, 1.82) is 0 Å². The van der Waals surface area contributed by atoms with Crippen LogP contribution in [0.1, 0.15) is 31.2 Å². The average Bonchev–Trinajstić information content (AvgIpc) is 2.91. The van der Waals surface area contributed by atoms with Gasteiger partial charge in [0, 0.05) is 22.0 Å². The minimum absolute atomic E-state index is 0. The molecule has 1 aliphatic heterocycles. The lowest BCUT2D eigenvalue weighted by Crippen LogP contribution is -2.31. The molecule has 0 N–H and O–H groups in total. The van der Waals surface area contributed by atoms with E-state index in [1.54, 1.807) is 36.0 Å². The second-order valence-corrected chi connectivity index (χ2v) is 12.1. The van der Waals surface area contributed by atoms with Crippen molar-refractivity contribution in [3.05, 3.63) is 83.4 Å². The van der Waals surface area contributed by atoms with E-state index in [-0.39, 0.29) is 23.8 Å². The summed E-state index contributed by atoms with van der Waals surface area (Å²) < 4.78 is 35.2. The Labute approximate surface area is 236 Å². The number of hydrogen-bond donors (Lipinski definition) is 0. The Hall–Kier alpha value is -1.90. The number of nitrogens with zero attached hydrogens (tertiary/aromatic N) is 2. The molecule has 0 radical (unpaired) electrons. The Morgan fingerprint density at radius 1 is 0.946 bits per heavy atom. The molecular weight excluding hydrogens is 547 g/mol. The van der Waals surface area contributed by atoms with Gasteiger partial charge in [0.05, 0.1) is 23.7 Å². The Balaban J connectivity index is 0.00000380. The number of rotatable bonds is 11. The van der Waals surface area contributed by atoms with Crippen molar-refractivity contribution in [3.8, 4) is 5.75 Å². The molecule has 0 unspecified atom stereocenters. The molecule has 0 amide bonds. The standard InChI is InChI=1S/C28H33ClN2O3S2.ClH/c1-35-26-14-12-25(13-15-26)31(36(32,33)27-16-10-24(29)11-17-27)22-23-8-3-4-9-28(23)34-21-7-20-30-18-5-2-6-19-30;/h3-4,8-17H,2,5-7,18-22H2,1H3;1H. The van der Waals surface area contributed by atoms with Crippen molar-refractivity contribution in [2.45, 2.75) is 42.0 Å². The van der Waals surface area contributed by atoms with Gasteiger partial charge in [0.25, 0.3) is 10.0 Å². The molecule has 3 aromatic rings. The number of hydrogen-bond acceptors (Lipinski definition) is 5. The molecule has 9 heteroatoms. The Kier molecular flexibility index (Phi) is 11.5. The summed E-state index contributed by atoms with van der Waals surface area (Å²) in [7, 11) is -3.84. The van der Waals surface area contributed by atoms with E-state index in [0.717, 1.165) is 23.4 Å². The number of halogens is 2. The fourth-order valence-corrected chi connectivity index (χ4v) is 6.36. The number of anilines is 1. The molecule has 1 aliphatic rings. The molecule has 0 aromatic heterocycles. The van der Waals surface area contributed by atoms with Gasteiger partial charge in [0.1, 0.15) is 5.75 Å². The number of thioether (sulfide) groups is 1. The molecule has 0 spiro atoms. The van der Waals surface area contributed by atoms with Gasteiger partial charge in [-0.1, -0.05) is 36.2 Å². The third kappa shape index (κ3) is 8.04. The number of sulfonamides is 1. The van der Waals surface area contributed by atoms with E-state index in [2.05, 4.69) is 4.90 Å². The van der Waals surface area contributed by atoms with Crippen molar-refractivity contribution in [1.82, 2.24) is 4.90 Å². The molecular formula is C28H34Cl2N2O3S2. The zero-order valence-corrected chi connectivity index (χ0v) is 24.2. The minimum atomic E-state index is -3.84. The summed E-state index contributed by atoms with van der Waals surface area (Å²) in [5.74, 6) is 0.716. The third-order valence-corrected chi connectivity index (χ3v) is 9.16. The first-order valence-electron chi connectivity index (χ1n) is 12.3. The van der Waals surface area contributed by atoms with Crippen molar-refractivity contribution in [3.63, 3.8) is 0 Å². The van der Waals surface area contributed by atoms with Crippen molar-refractivity contribution >= 4 is 51.5 Å². The third-order valence-electron chi connectivity index (χ3n) is 6.37. The van der Waals surface area contributed by atoms with E-state index >= 15 is 0 Å². The van der Waals surface area contributed by atoms with Crippen LogP contribution < -0.4 is 9.04 Å². The largest absolute Gasteiger partial charge is 0.493 e. The second kappa shape index (κ2) is 14.3. The van der Waals surface area contributed by atoms with E-state index < -0.39 is 10.0 Å². The maximum Gasteiger partial charge on any atom is 0.264 e. The highest BCUT2D eigenvalue weighted by Crippen LogP contribution is 2.31. The molecule has 4 rings (SSSR count). The van der Waals surface area contributed by atoms with Crippen LogP contribution in [0.4, 0.5) is 5.69 Å². The van der Waals surface area contributed by atoms with Gasteiger partial charge in [-0.25, -0.2) is 8.42 Å². The monoisotopic (exact) mass is 580 g/mol. The van der Waals surface area contributed by atoms with E-state index in [0.29, 0.717) is 23.1 Å². The predicted octanol–water partition coefficient (Wildman–Crippen LogP) is 7.13. The molecule has 3 aromatic carbocycles. The van der Waals surface area contributed by atoms with Crippen molar-refractivity contribution in [2.75, 3.05) is 36.8 Å². The lowest BCUT2D eigenvalue weighted by atomic mass is 10.1. The fraction of sp³-hybridized carbons (Fsp3) is 0.357. The predicted molar refractivity (Wildman–Crippen MR) is 157 cm³/mol. The van der Waals surface area contributed by atoms with Crippen LogP contribution in [0.2, 0.25) is 5.02 Å². The van der Waals surface area contributed by atoms with E-state index in [1.165, 1.54) is 36.7 Å². The van der Waals surface area contributed by atoms with Gasteiger partial charge in [0.2, 0.25) is 0 Å². The van der Waals surface area contributed by atoms with Crippen LogP contribution in [-0.4, -0.2) is 45.8 Å². The summed E-state index contributed by atoms with van der Waals surface area (Å²) in [5.41, 5.74) is 1.42. The highest BCUT2D eigenvalue weighted by Gasteiger charge is 2.26. The molecule has 0 aliphatic carbocycles. The SMILES string of the molecule is CSc1ccc(N(Cc2ccccc2OCCCN2CCCCC2)S(=O)(=O)c2ccc(Cl)cc2)cc1.Cl. The van der Waals surface area contributed by atoms with Gasteiger partial charge in [0.15, 0.2) is 0 Å². The quantitative estimate of drug-likeness (QED) is 0.178. The Morgan fingerprint density at radius 3 is 2.30 bits per heavy atom. The number of para-hydroxylation sites is 1. The lowest BCUT2D eigenvalue weighted by molar-refractivity contribution is 0.204. The highest BCUT2D eigenvalue weighted by atomic mass is 35.5. The molecule has 37 heavy (non-hydrogen) atoms. The number of likely N-dealkylation sites (tertiary alicyclic amines) is 1. The number of piperidine rings is 1. The minimum Gasteiger partial charge on any atom is -0.493 e. The van der Waals surface area contributed by atoms with Crippen LogP contribution in [0.15, 0.2) is 82.6 Å². The summed E-state index contributed by atoms with van der Waals surface area (Å²) in [6.45, 7) is 4.12. The second-order valence-electron chi connectivity index (χ2n) is 8.88. The molecule has 1 saturated heterocycles. The van der Waals surface area contributed by atoms with Crippen LogP contribution in [0.3, 0.4) is 0 Å². The topological polar surface area (TPSA) is 49.9 Å². The van der Waals surface area contributed by atoms with Gasteiger partial charge in [-0.15, -0.1) is 24.2 Å². The molecule has 200 valence electrons. The van der Waals surface area contributed by atoms with Gasteiger partial charge in [-0.3, -0.25) is 4.31 Å². The van der Waals surface area contributed by atoms with Crippen molar-refractivity contribution < 1.29 is 13.2 Å². The number of ether oxygens (including phenoxy) is 1. The summed E-state index contributed by atoms with van der Waals surface area (Å²) >= 11 is 7.64. The lowest BCUT2D eigenvalue weighted by Gasteiger charge is -2.27. The van der Waals surface area contributed by atoms with Gasteiger partial charge < -0.3 is 9.64 Å². The van der Waals surface area contributed by atoms with Crippen LogP contribution in [0.25, 0.3) is 0 Å². The van der Waals surface area contributed by atoms with Gasteiger partial charge in [-0.05, 0) is 93.2 Å². The average molecular weight is 582 g/mol. The zero-order valence-electron chi connectivity index (χ0n) is 21.0. The zero-order chi connectivity index (χ0) is 25.4. The smallest absolute Gasteiger partial charge is 0.264 e. The maximum atomic E-state index is 13.8. The van der Waals surface area contributed by atoms with E-state index in [9.17, 15) is 8.42 Å². The number of benzene rings is 3. The molecule has 5 nitrogen and oxygen atoms in total. The first kappa shape index (κ1) is 29.7. The van der Waals surface area contributed by atoms with Crippen LogP contribution in [-0.2, 0) is 16.6 Å². The molecule has 0 atom stereocenters. The Morgan fingerprint density at radius 2 is 1.62 bits per heavy atom. The van der Waals surface area contributed by atoms with Crippen LogP contribution >= 0.6 is 35.8 Å². The maximum absolute atomic E-state index is 13.8.